The summed E-state index contributed by atoms with van der Waals surface area (Å²) in [5.74, 6) is 1.43. The number of amides is 1. The molecule has 4 heteroatoms. The molecule has 1 heterocycles. The lowest BCUT2D eigenvalue weighted by Gasteiger charge is -2.25. The van der Waals surface area contributed by atoms with Gasteiger partial charge in [-0.1, -0.05) is 36.4 Å². The second-order valence-electron chi connectivity index (χ2n) is 6.40. The van der Waals surface area contributed by atoms with Gasteiger partial charge >= 0.3 is 0 Å². The van der Waals surface area contributed by atoms with Crippen LogP contribution in [0.25, 0.3) is 6.08 Å². The van der Waals surface area contributed by atoms with Crippen molar-refractivity contribution < 1.29 is 14.3 Å². The lowest BCUT2D eigenvalue weighted by Crippen LogP contribution is -2.34. The zero-order valence-electron chi connectivity index (χ0n) is 15.2. The number of hydrogen-bond acceptors (Lipinski definition) is 3. The molecule has 1 saturated heterocycles. The Kier molecular flexibility index (Phi) is 6.31. The molecule has 0 atom stereocenters. The van der Waals surface area contributed by atoms with Crippen LogP contribution in [0.4, 0.5) is 0 Å². The standard InChI is InChI=1S/C22H25NO3/c1-25-21-16-18(11-13-22(24)23-14-6-3-7-15-23)10-12-20(21)26-17-19-8-4-2-5-9-19/h2,4-5,8-13,16H,3,6-7,14-15,17H2,1H3/b13-11+. The van der Waals surface area contributed by atoms with Gasteiger partial charge in [0.1, 0.15) is 6.61 Å². The number of rotatable bonds is 6. The topological polar surface area (TPSA) is 38.8 Å². The predicted octanol–water partition coefficient (Wildman–Crippen LogP) is 4.30. The minimum atomic E-state index is 0.0769. The SMILES string of the molecule is COc1cc(/C=C/C(=O)N2CCCCC2)ccc1OCc1ccccc1. The summed E-state index contributed by atoms with van der Waals surface area (Å²) in [7, 11) is 1.62. The maximum atomic E-state index is 12.2. The molecule has 1 aliphatic heterocycles. The van der Waals surface area contributed by atoms with Crippen molar-refractivity contribution in [2.75, 3.05) is 20.2 Å². The van der Waals surface area contributed by atoms with Gasteiger partial charge in [0.25, 0.3) is 0 Å². The van der Waals surface area contributed by atoms with Crippen LogP contribution in [-0.4, -0.2) is 31.0 Å². The second kappa shape index (κ2) is 9.09. The first kappa shape index (κ1) is 18.1. The molecule has 0 unspecified atom stereocenters. The molecule has 0 N–H and O–H groups in total. The van der Waals surface area contributed by atoms with Crippen LogP contribution in [0.3, 0.4) is 0 Å². The third kappa shape index (κ3) is 4.88. The Labute approximate surface area is 155 Å². The van der Waals surface area contributed by atoms with Crippen LogP contribution < -0.4 is 9.47 Å². The summed E-state index contributed by atoms with van der Waals surface area (Å²) in [6, 6.07) is 15.7. The van der Waals surface area contributed by atoms with E-state index >= 15 is 0 Å². The Hall–Kier alpha value is -2.75. The summed E-state index contributed by atoms with van der Waals surface area (Å²) in [4.78, 5) is 14.1. The minimum Gasteiger partial charge on any atom is -0.493 e. The van der Waals surface area contributed by atoms with Crippen molar-refractivity contribution in [2.45, 2.75) is 25.9 Å². The van der Waals surface area contributed by atoms with E-state index in [1.165, 1.54) is 6.42 Å². The Morgan fingerprint density at radius 3 is 2.54 bits per heavy atom. The number of nitrogens with zero attached hydrogens (tertiary/aromatic N) is 1. The number of ether oxygens (including phenoxy) is 2. The summed E-state index contributed by atoms with van der Waals surface area (Å²) in [5.41, 5.74) is 2.02. The number of carbonyl (C=O) groups excluding carboxylic acids is 1. The molecular weight excluding hydrogens is 326 g/mol. The van der Waals surface area contributed by atoms with E-state index in [0.717, 1.165) is 37.1 Å². The predicted molar refractivity (Wildman–Crippen MR) is 103 cm³/mol. The van der Waals surface area contributed by atoms with E-state index in [0.29, 0.717) is 18.1 Å². The van der Waals surface area contributed by atoms with Gasteiger partial charge in [-0.2, -0.15) is 0 Å². The first-order valence-corrected chi connectivity index (χ1v) is 9.08. The van der Waals surface area contributed by atoms with Crippen molar-refractivity contribution in [3.8, 4) is 11.5 Å². The lowest BCUT2D eigenvalue weighted by atomic mass is 10.1. The number of benzene rings is 2. The van der Waals surface area contributed by atoms with Crippen LogP contribution in [0.1, 0.15) is 30.4 Å². The number of likely N-dealkylation sites (tertiary alicyclic amines) is 1. The maximum Gasteiger partial charge on any atom is 0.246 e. The van der Waals surface area contributed by atoms with Crippen LogP contribution in [-0.2, 0) is 11.4 Å². The summed E-state index contributed by atoms with van der Waals surface area (Å²) >= 11 is 0. The monoisotopic (exact) mass is 351 g/mol. The molecule has 0 aromatic heterocycles. The van der Waals surface area contributed by atoms with Crippen molar-refractivity contribution >= 4 is 12.0 Å². The van der Waals surface area contributed by atoms with E-state index in [9.17, 15) is 4.79 Å². The summed E-state index contributed by atoms with van der Waals surface area (Å²) in [6.45, 7) is 2.21. The Morgan fingerprint density at radius 1 is 1.04 bits per heavy atom. The van der Waals surface area contributed by atoms with Gasteiger partial charge in [-0.05, 0) is 48.6 Å². The molecule has 0 radical (unpaired) electrons. The first-order chi connectivity index (χ1) is 12.8. The molecule has 0 saturated carbocycles. The Morgan fingerprint density at radius 2 is 1.81 bits per heavy atom. The Bertz CT molecular complexity index is 749. The molecule has 1 aliphatic rings. The minimum absolute atomic E-state index is 0.0769. The van der Waals surface area contributed by atoms with Gasteiger partial charge in [0.15, 0.2) is 11.5 Å². The summed E-state index contributed by atoms with van der Waals surface area (Å²) < 4.78 is 11.3. The number of carbonyl (C=O) groups is 1. The fourth-order valence-corrected chi connectivity index (χ4v) is 3.03. The second-order valence-corrected chi connectivity index (χ2v) is 6.40. The molecule has 0 aliphatic carbocycles. The first-order valence-electron chi connectivity index (χ1n) is 9.08. The van der Waals surface area contributed by atoms with Crippen LogP contribution >= 0.6 is 0 Å². The van der Waals surface area contributed by atoms with Gasteiger partial charge in [0, 0.05) is 19.2 Å². The Balaban J connectivity index is 1.64. The van der Waals surface area contributed by atoms with Crippen LogP contribution in [0.5, 0.6) is 11.5 Å². The highest BCUT2D eigenvalue weighted by atomic mass is 16.5. The highest BCUT2D eigenvalue weighted by Crippen LogP contribution is 2.29. The van der Waals surface area contributed by atoms with Crippen LogP contribution in [0.15, 0.2) is 54.6 Å². The largest absolute Gasteiger partial charge is 0.493 e. The van der Waals surface area contributed by atoms with Crippen LogP contribution in [0.2, 0.25) is 0 Å². The lowest BCUT2D eigenvalue weighted by molar-refractivity contribution is -0.126. The normalized spacial score (nSPS) is 14.4. The van der Waals surface area contributed by atoms with E-state index in [1.807, 2.05) is 59.5 Å². The molecular formula is C22H25NO3. The number of methoxy groups -OCH3 is 1. The maximum absolute atomic E-state index is 12.2. The van der Waals surface area contributed by atoms with Gasteiger partial charge in [-0.25, -0.2) is 0 Å². The molecule has 3 rings (SSSR count). The molecule has 1 amide bonds. The van der Waals surface area contributed by atoms with Gasteiger partial charge in [0.05, 0.1) is 7.11 Å². The van der Waals surface area contributed by atoms with Crippen molar-refractivity contribution in [1.82, 2.24) is 4.90 Å². The fourth-order valence-electron chi connectivity index (χ4n) is 3.03. The molecule has 2 aromatic rings. The quantitative estimate of drug-likeness (QED) is 0.729. The fraction of sp³-hybridized carbons (Fsp3) is 0.318. The van der Waals surface area contributed by atoms with Gasteiger partial charge < -0.3 is 14.4 Å². The van der Waals surface area contributed by atoms with Crippen molar-refractivity contribution in [1.29, 1.82) is 0 Å². The van der Waals surface area contributed by atoms with Crippen molar-refractivity contribution in [2.24, 2.45) is 0 Å². The summed E-state index contributed by atoms with van der Waals surface area (Å²) in [6.07, 6.45) is 6.89. The van der Waals surface area contributed by atoms with Crippen molar-refractivity contribution in [3.05, 3.63) is 65.7 Å². The van der Waals surface area contributed by atoms with E-state index in [1.54, 1.807) is 13.2 Å². The molecule has 1 fully saturated rings. The average molecular weight is 351 g/mol. The zero-order chi connectivity index (χ0) is 18.2. The highest BCUT2D eigenvalue weighted by Gasteiger charge is 2.13. The highest BCUT2D eigenvalue weighted by molar-refractivity contribution is 5.91. The smallest absolute Gasteiger partial charge is 0.246 e. The van der Waals surface area contributed by atoms with E-state index in [2.05, 4.69) is 0 Å². The van der Waals surface area contributed by atoms with E-state index in [-0.39, 0.29) is 5.91 Å². The molecule has 136 valence electrons. The third-order valence-corrected chi connectivity index (χ3v) is 4.51. The van der Waals surface area contributed by atoms with Gasteiger partial charge in [-0.15, -0.1) is 0 Å². The van der Waals surface area contributed by atoms with Gasteiger partial charge in [-0.3, -0.25) is 4.79 Å². The number of piperidine rings is 1. The molecule has 4 nitrogen and oxygen atoms in total. The molecule has 0 bridgehead atoms. The third-order valence-electron chi connectivity index (χ3n) is 4.51. The molecule has 26 heavy (non-hydrogen) atoms. The average Bonchev–Trinajstić information content (AvgIpc) is 2.72. The van der Waals surface area contributed by atoms with Gasteiger partial charge in [0.2, 0.25) is 5.91 Å². The molecule has 0 spiro atoms. The van der Waals surface area contributed by atoms with E-state index in [4.69, 9.17) is 9.47 Å². The van der Waals surface area contributed by atoms with Crippen molar-refractivity contribution in [3.63, 3.8) is 0 Å². The van der Waals surface area contributed by atoms with E-state index < -0.39 is 0 Å². The van der Waals surface area contributed by atoms with Crippen LogP contribution in [0, 0.1) is 0 Å². The molecule has 2 aromatic carbocycles. The summed E-state index contributed by atoms with van der Waals surface area (Å²) in [5, 5.41) is 0. The zero-order valence-corrected chi connectivity index (χ0v) is 15.2. The number of hydrogen-bond donors (Lipinski definition) is 0.